The molecule has 3 atom stereocenters. The quantitative estimate of drug-likeness (QED) is 0.763. The molecule has 1 rings (SSSR count). The fraction of sp³-hybridized carbons (Fsp3) is 1.00. The van der Waals surface area contributed by atoms with E-state index in [1.165, 1.54) is 0 Å². The lowest BCUT2D eigenvalue weighted by Crippen LogP contribution is -2.63. The van der Waals surface area contributed by atoms with Crippen molar-refractivity contribution < 1.29 is 9.47 Å². The number of nitrogens with zero attached hydrogens (tertiary/aromatic N) is 1. The summed E-state index contributed by atoms with van der Waals surface area (Å²) in [6, 6.07) is 0.459. The van der Waals surface area contributed by atoms with Gasteiger partial charge in [0.25, 0.3) is 0 Å². The largest absolute Gasteiger partial charge is 0.380 e. The summed E-state index contributed by atoms with van der Waals surface area (Å²) in [6.45, 7) is 12.4. The van der Waals surface area contributed by atoms with Gasteiger partial charge in [-0.05, 0) is 27.2 Å². The third-order valence-electron chi connectivity index (χ3n) is 3.69. The minimum Gasteiger partial charge on any atom is -0.380 e. The smallest absolute Gasteiger partial charge is 0.0675 e. The van der Waals surface area contributed by atoms with Gasteiger partial charge in [-0.2, -0.15) is 0 Å². The number of hydrogen-bond donors (Lipinski definition) is 1. The van der Waals surface area contributed by atoms with Gasteiger partial charge in [-0.25, -0.2) is 0 Å². The fourth-order valence-electron chi connectivity index (χ4n) is 2.42. The van der Waals surface area contributed by atoms with Crippen LogP contribution in [0.25, 0.3) is 0 Å². The Morgan fingerprint density at radius 3 is 2.71 bits per heavy atom. The van der Waals surface area contributed by atoms with Gasteiger partial charge in [0.1, 0.15) is 0 Å². The second-order valence-electron chi connectivity index (χ2n) is 5.20. The molecule has 3 unspecified atom stereocenters. The molecule has 0 bridgehead atoms. The van der Waals surface area contributed by atoms with Crippen LogP contribution < -0.4 is 5.73 Å². The third-order valence-corrected chi connectivity index (χ3v) is 3.69. The van der Waals surface area contributed by atoms with E-state index in [0.717, 1.165) is 26.2 Å². The van der Waals surface area contributed by atoms with Crippen LogP contribution in [0.3, 0.4) is 0 Å². The van der Waals surface area contributed by atoms with Crippen molar-refractivity contribution in [2.45, 2.75) is 51.8 Å². The molecule has 0 spiro atoms. The zero-order valence-corrected chi connectivity index (χ0v) is 11.7. The van der Waals surface area contributed by atoms with Crippen LogP contribution in [0, 0.1) is 0 Å². The topological polar surface area (TPSA) is 47.7 Å². The van der Waals surface area contributed by atoms with E-state index in [-0.39, 0.29) is 11.6 Å². The molecule has 4 heteroatoms. The summed E-state index contributed by atoms with van der Waals surface area (Å²) in [5.74, 6) is 0. The molecule has 1 aliphatic rings. The van der Waals surface area contributed by atoms with Crippen molar-refractivity contribution >= 4 is 0 Å². The first-order valence-electron chi connectivity index (χ1n) is 6.73. The monoisotopic (exact) mass is 244 g/mol. The normalized spacial score (nSPS) is 30.2. The van der Waals surface area contributed by atoms with Crippen molar-refractivity contribution in [3.8, 4) is 0 Å². The summed E-state index contributed by atoms with van der Waals surface area (Å²) in [7, 11) is 0. The number of hydrogen-bond acceptors (Lipinski definition) is 4. The van der Waals surface area contributed by atoms with Crippen molar-refractivity contribution in [3.05, 3.63) is 0 Å². The molecule has 1 aliphatic heterocycles. The molecule has 0 radical (unpaired) electrons. The first kappa shape index (κ1) is 14.9. The van der Waals surface area contributed by atoms with Crippen LogP contribution >= 0.6 is 0 Å². The van der Waals surface area contributed by atoms with Gasteiger partial charge in [-0.15, -0.1) is 0 Å². The summed E-state index contributed by atoms with van der Waals surface area (Å²) < 4.78 is 11.3. The molecule has 1 saturated heterocycles. The van der Waals surface area contributed by atoms with E-state index in [4.69, 9.17) is 15.2 Å². The van der Waals surface area contributed by atoms with E-state index in [9.17, 15) is 0 Å². The third kappa shape index (κ3) is 3.65. The van der Waals surface area contributed by atoms with Crippen LogP contribution in [0.4, 0.5) is 0 Å². The Morgan fingerprint density at radius 1 is 1.47 bits per heavy atom. The summed E-state index contributed by atoms with van der Waals surface area (Å²) in [6.07, 6.45) is 1.37. The summed E-state index contributed by atoms with van der Waals surface area (Å²) >= 11 is 0. The molecule has 0 amide bonds. The molecular formula is C13H28N2O2. The molecular weight excluding hydrogens is 216 g/mol. The molecule has 17 heavy (non-hydrogen) atoms. The molecule has 2 N–H and O–H groups in total. The Kier molecular flexibility index (Phi) is 5.86. The van der Waals surface area contributed by atoms with Crippen LogP contribution in [-0.4, -0.2) is 55.5 Å². The lowest BCUT2D eigenvalue weighted by atomic mass is 9.96. The van der Waals surface area contributed by atoms with Crippen molar-refractivity contribution in [2.24, 2.45) is 5.73 Å². The van der Waals surface area contributed by atoms with E-state index >= 15 is 0 Å². The molecule has 0 aromatic rings. The lowest BCUT2D eigenvalue weighted by molar-refractivity contribution is -0.111. The van der Waals surface area contributed by atoms with Crippen LogP contribution in [0.2, 0.25) is 0 Å². The highest BCUT2D eigenvalue weighted by Gasteiger charge is 2.38. The molecule has 1 heterocycles. The number of ether oxygens (including phenoxy) is 2. The Balaban J connectivity index is 2.74. The number of rotatable bonds is 6. The predicted octanol–water partition coefficient (Wildman–Crippen LogP) is 1.24. The van der Waals surface area contributed by atoms with Crippen molar-refractivity contribution in [1.82, 2.24) is 4.90 Å². The Morgan fingerprint density at radius 2 is 2.18 bits per heavy atom. The van der Waals surface area contributed by atoms with Crippen LogP contribution in [0.15, 0.2) is 0 Å². The highest BCUT2D eigenvalue weighted by atomic mass is 16.5. The van der Waals surface area contributed by atoms with E-state index in [1.807, 2.05) is 6.92 Å². The van der Waals surface area contributed by atoms with Gasteiger partial charge < -0.3 is 15.2 Å². The van der Waals surface area contributed by atoms with E-state index in [2.05, 4.69) is 25.7 Å². The first-order valence-corrected chi connectivity index (χ1v) is 6.73. The van der Waals surface area contributed by atoms with Crippen LogP contribution in [0.1, 0.15) is 34.1 Å². The van der Waals surface area contributed by atoms with E-state index in [0.29, 0.717) is 19.2 Å². The Hall–Kier alpha value is -0.160. The minimum atomic E-state index is -0.0747. The van der Waals surface area contributed by atoms with Gasteiger partial charge in [0.15, 0.2) is 0 Å². The van der Waals surface area contributed by atoms with Gasteiger partial charge in [0.05, 0.1) is 24.9 Å². The maximum absolute atomic E-state index is 5.98. The van der Waals surface area contributed by atoms with E-state index < -0.39 is 0 Å². The maximum Gasteiger partial charge on any atom is 0.0675 e. The first-order chi connectivity index (χ1) is 8.07. The maximum atomic E-state index is 5.98. The molecule has 0 aromatic heterocycles. The van der Waals surface area contributed by atoms with Crippen molar-refractivity contribution in [3.63, 3.8) is 0 Å². The Bertz CT molecular complexity index is 225. The van der Waals surface area contributed by atoms with E-state index in [1.54, 1.807) is 0 Å². The zero-order valence-electron chi connectivity index (χ0n) is 11.7. The van der Waals surface area contributed by atoms with Crippen LogP contribution in [-0.2, 0) is 9.47 Å². The average Bonchev–Trinajstić information content (AvgIpc) is 2.36. The molecule has 1 fully saturated rings. The molecule has 0 saturated carbocycles. The molecule has 0 aliphatic carbocycles. The summed E-state index contributed by atoms with van der Waals surface area (Å²) in [5.41, 5.74) is 5.90. The zero-order chi connectivity index (χ0) is 12.9. The highest BCUT2D eigenvalue weighted by molar-refractivity contribution is 4.93. The van der Waals surface area contributed by atoms with Crippen molar-refractivity contribution in [2.75, 3.05) is 32.9 Å². The SMILES string of the molecule is CCOCC(C)(CN)N1CC(C)OCC1CC. The van der Waals surface area contributed by atoms with Gasteiger partial charge in [0.2, 0.25) is 0 Å². The number of morpholine rings is 1. The highest BCUT2D eigenvalue weighted by Crippen LogP contribution is 2.24. The van der Waals surface area contributed by atoms with Gasteiger partial charge in [0, 0.05) is 25.7 Å². The Labute approximate surface area is 105 Å². The summed E-state index contributed by atoms with van der Waals surface area (Å²) in [4.78, 5) is 2.48. The second-order valence-corrected chi connectivity index (χ2v) is 5.20. The predicted molar refractivity (Wildman–Crippen MR) is 70.2 cm³/mol. The average molecular weight is 244 g/mol. The molecule has 0 aromatic carbocycles. The fourth-order valence-corrected chi connectivity index (χ4v) is 2.42. The second kappa shape index (κ2) is 6.69. The molecule has 4 nitrogen and oxygen atoms in total. The number of nitrogens with two attached hydrogens (primary N) is 1. The standard InChI is InChI=1S/C13H28N2O2/c1-5-12-8-17-11(3)7-15(12)13(4,9-14)10-16-6-2/h11-12H,5-10,14H2,1-4H3. The lowest BCUT2D eigenvalue weighted by Gasteiger charge is -2.48. The van der Waals surface area contributed by atoms with Crippen LogP contribution in [0.5, 0.6) is 0 Å². The van der Waals surface area contributed by atoms with Gasteiger partial charge >= 0.3 is 0 Å². The minimum absolute atomic E-state index is 0.0747. The summed E-state index contributed by atoms with van der Waals surface area (Å²) in [5, 5.41) is 0. The van der Waals surface area contributed by atoms with Gasteiger partial charge in [-0.1, -0.05) is 6.92 Å². The van der Waals surface area contributed by atoms with Crippen molar-refractivity contribution in [1.29, 1.82) is 0 Å². The van der Waals surface area contributed by atoms with Gasteiger partial charge in [-0.3, -0.25) is 4.90 Å². The molecule has 102 valence electrons.